The van der Waals surface area contributed by atoms with Crippen LogP contribution < -0.4 is 14.8 Å². The van der Waals surface area contributed by atoms with Crippen LogP contribution in [0.3, 0.4) is 0 Å². The number of nitrogens with zero attached hydrogens (tertiary/aromatic N) is 2. The van der Waals surface area contributed by atoms with E-state index >= 15 is 0 Å². The van der Waals surface area contributed by atoms with Gasteiger partial charge in [0, 0.05) is 43.5 Å². The molecule has 2 aromatic carbocycles. The van der Waals surface area contributed by atoms with Crippen LogP contribution in [0.4, 0.5) is 5.69 Å². The van der Waals surface area contributed by atoms with Crippen LogP contribution in [0.15, 0.2) is 47.4 Å². The van der Waals surface area contributed by atoms with E-state index in [0.29, 0.717) is 37.3 Å². The molecular formula is C19H23N3O4S. The van der Waals surface area contributed by atoms with Gasteiger partial charge in [-0.05, 0) is 36.8 Å². The molecule has 0 spiro atoms. The van der Waals surface area contributed by atoms with Crippen LogP contribution in [0.1, 0.15) is 15.9 Å². The zero-order valence-corrected chi connectivity index (χ0v) is 16.2. The van der Waals surface area contributed by atoms with Gasteiger partial charge in [-0.3, -0.25) is 4.79 Å². The highest BCUT2D eigenvalue weighted by atomic mass is 32.2. The second-order valence-electron chi connectivity index (χ2n) is 6.51. The fraction of sp³-hybridized carbons (Fsp3) is 0.316. The molecule has 7 nitrogen and oxygen atoms in total. The van der Waals surface area contributed by atoms with Crippen molar-refractivity contribution in [1.82, 2.24) is 4.90 Å². The van der Waals surface area contributed by atoms with Gasteiger partial charge in [-0.25, -0.2) is 13.6 Å². The van der Waals surface area contributed by atoms with Crippen molar-refractivity contribution in [2.45, 2.75) is 11.8 Å². The van der Waals surface area contributed by atoms with Crippen LogP contribution in [0.25, 0.3) is 0 Å². The van der Waals surface area contributed by atoms with Gasteiger partial charge >= 0.3 is 0 Å². The summed E-state index contributed by atoms with van der Waals surface area (Å²) >= 11 is 0. The Balaban J connectivity index is 1.72. The quantitative estimate of drug-likeness (QED) is 0.858. The first-order valence-electron chi connectivity index (χ1n) is 8.61. The van der Waals surface area contributed by atoms with E-state index in [9.17, 15) is 13.2 Å². The molecule has 2 N–H and O–H groups in total. The number of carbonyl (C=O) groups excluding carboxylic acids is 1. The number of anilines is 1. The number of ether oxygens (including phenoxy) is 1. The molecule has 27 heavy (non-hydrogen) atoms. The number of amides is 1. The van der Waals surface area contributed by atoms with Crippen LogP contribution in [0, 0.1) is 6.92 Å². The van der Waals surface area contributed by atoms with Gasteiger partial charge in [-0.15, -0.1) is 0 Å². The number of primary sulfonamides is 1. The second kappa shape index (κ2) is 7.58. The lowest BCUT2D eigenvalue weighted by atomic mass is 10.1. The molecule has 1 aliphatic heterocycles. The molecule has 8 heteroatoms. The minimum Gasteiger partial charge on any atom is -0.497 e. The van der Waals surface area contributed by atoms with E-state index in [0.717, 1.165) is 11.4 Å². The largest absolute Gasteiger partial charge is 0.497 e. The van der Waals surface area contributed by atoms with E-state index < -0.39 is 10.0 Å². The number of rotatable bonds is 4. The summed E-state index contributed by atoms with van der Waals surface area (Å²) in [4.78, 5) is 16.7. The highest BCUT2D eigenvalue weighted by molar-refractivity contribution is 7.89. The zero-order chi connectivity index (χ0) is 19.6. The van der Waals surface area contributed by atoms with Gasteiger partial charge in [0.2, 0.25) is 10.0 Å². The van der Waals surface area contributed by atoms with Crippen molar-refractivity contribution in [2.24, 2.45) is 5.14 Å². The van der Waals surface area contributed by atoms with Crippen molar-refractivity contribution < 1.29 is 17.9 Å². The molecule has 0 aromatic heterocycles. The predicted molar refractivity (Wildman–Crippen MR) is 104 cm³/mol. The highest BCUT2D eigenvalue weighted by Crippen LogP contribution is 2.23. The summed E-state index contributed by atoms with van der Waals surface area (Å²) in [6.07, 6.45) is 0. The van der Waals surface area contributed by atoms with Gasteiger partial charge in [0.25, 0.3) is 5.91 Å². The second-order valence-corrected chi connectivity index (χ2v) is 8.04. The predicted octanol–water partition coefficient (Wildman–Crippen LogP) is 1.61. The molecule has 0 saturated carbocycles. The first kappa shape index (κ1) is 19.2. The Labute approximate surface area is 159 Å². The Morgan fingerprint density at radius 2 is 1.78 bits per heavy atom. The van der Waals surface area contributed by atoms with Crippen molar-refractivity contribution >= 4 is 21.6 Å². The molecule has 0 aliphatic carbocycles. The SMILES string of the molecule is COc1cccc(N2CCN(C(=O)c3ccc(C)c(S(N)(=O)=O)c3)CC2)c1. The fourth-order valence-corrected chi connectivity index (χ4v) is 4.01. The molecule has 144 valence electrons. The average Bonchev–Trinajstić information content (AvgIpc) is 2.67. The normalized spacial score (nSPS) is 14.9. The number of carbonyl (C=O) groups is 1. The number of nitrogens with two attached hydrogens (primary N) is 1. The lowest BCUT2D eigenvalue weighted by Crippen LogP contribution is -2.48. The van der Waals surface area contributed by atoms with Gasteiger partial charge in [-0.1, -0.05) is 12.1 Å². The lowest BCUT2D eigenvalue weighted by molar-refractivity contribution is 0.0746. The smallest absolute Gasteiger partial charge is 0.254 e. The van der Waals surface area contributed by atoms with E-state index in [1.54, 1.807) is 31.1 Å². The number of benzene rings is 2. The molecule has 0 bridgehead atoms. The number of aryl methyl sites for hydroxylation is 1. The van der Waals surface area contributed by atoms with Crippen LogP contribution >= 0.6 is 0 Å². The van der Waals surface area contributed by atoms with E-state index in [-0.39, 0.29) is 10.8 Å². The minimum absolute atomic E-state index is 0.0108. The topological polar surface area (TPSA) is 92.9 Å². The van der Waals surface area contributed by atoms with Crippen molar-refractivity contribution in [2.75, 3.05) is 38.2 Å². The minimum atomic E-state index is -3.86. The summed E-state index contributed by atoms with van der Waals surface area (Å²) in [7, 11) is -2.23. The summed E-state index contributed by atoms with van der Waals surface area (Å²) in [6.45, 7) is 4.13. The molecule has 0 atom stereocenters. The molecule has 1 aliphatic rings. The monoisotopic (exact) mass is 389 g/mol. The summed E-state index contributed by atoms with van der Waals surface area (Å²) in [6, 6.07) is 12.4. The third kappa shape index (κ3) is 4.23. The third-order valence-electron chi connectivity index (χ3n) is 4.73. The Kier molecular flexibility index (Phi) is 5.38. The summed E-state index contributed by atoms with van der Waals surface area (Å²) < 4.78 is 28.6. The van der Waals surface area contributed by atoms with Crippen LogP contribution in [0.2, 0.25) is 0 Å². The average molecular weight is 389 g/mol. The maximum absolute atomic E-state index is 12.8. The molecule has 3 rings (SSSR count). The summed E-state index contributed by atoms with van der Waals surface area (Å²) in [5.41, 5.74) is 1.91. The highest BCUT2D eigenvalue weighted by Gasteiger charge is 2.24. The molecule has 1 heterocycles. The Bertz CT molecular complexity index is 951. The number of piperazine rings is 1. The van der Waals surface area contributed by atoms with Gasteiger partial charge in [-0.2, -0.15) is 0 Å². The third-order valence-corrected chi connectivity index (χ3v) is 5.78. The van der Waals surface area contributed by atoms with E-state index in [1.165, 1.54) is 6.07 Å². The Hall–Kier alpha value is -2.58. The van der Waals surface area contributed by atoms with Gasteiger partial charge in [0.1, 0.15) is 5.75 Å². The Morgan fingerprint density at radius 1 is 1.07 bits per heavy atom. The molecule has 1 amide bonds. The fourth-order valence-electron chi connectivity index (χ4n) is 3.20. The van der Waals surface area contributed by atoms with Crippen LogP contribution in [-0.2, 0) is 10.0 Å². The molecular weight excluding hydrogens is 366 g/mol. The van der Waals surface area contributed by atoms with Crippen molar-refractivity contribution in [3.63, 3.8) is 0 Å². The maximum Gasteiger partial charge on any atom is 0.254 e. The summed E-state index contributed by atoms with van der Waals surface area (Å²) in [5.74, 6) is 0.603. The Morgan fingerprint density at radius 3 is 2.41 bits per heavy atom. The van der Waals surface area contributed by atoms with E-state index in [2.05, 4.69) is 4.90 Å². The lowest BCUT2D eigenvalue weighted by Gasteiger charge is -2.36. The molecule has 1 fully saturated rings. The van der Waals surface area contributed by atoms with Gasteiger partial charge < -0.3 is 14.5 Å². The first-order chi connectivity index (χ1) is 12.8. The van der Waals surface area contributed by atoms with Crippen molar-refractivity contribution in [3.05, 3.63) is 53.6 Å². The van der Waals surface area contributed by atoms with E-state index in [1.807, 2.05) is 24.3 Å². The van der Waals surface area contributed by atoms with Crippen LogP contribution in [-0.4, -0.2) is 52.5 Å². The van der Waals surface area contributed by atoms with Crippen LogP contribution in [0.5, 0.6) is 5.75 Å². The number of sulfonamides is 1. The van der Waals surface area contributed by atoms with Crippen molar-refractivity contribution in [3.8, 4) is 5.75 Å². The van der Waals surface area contributed by atoms with E-state index in [4.69, 9.17) is 9.88 Å². The van der Waals surface area contributed by atoms with Crippen molar-refractivity contribution in [1.29, 1.82) is 0 Å². The zero-order valence-electron chi connectivity index (χ0n) is 15.4. The molecule has 0 radical (unpaired) electrons. The van der Waals surface area contributed by atoms with Gasteiger partial charge in [0.05, 0.1) is 12.0 Å². The number of methoxy groups -OCH3 is 1. The number of hydrogen-bond donors (Lipinski definition) is 1. The summed E-state index contributed by atoms with van der Waals surface area (Å²) in [5, 5.41) is 5.24. The van der Waals surface area contributed by atoms with Gasteiger partial charge in [0.15, 0.2) is 0 Å². The molecule has 1 saturated heterocycles. The molecule has 2 aromatic rings. The number of hydrogen-bond acceptors (Lipinski definition) is 5. The maximum atomic E-state index is 12.8. The standard InChI is InChI=1S/C19H23N3O4S/c1-14-6-7-15(12-18(14)27(20,24)25)19(23)22-10-8-21(9-11-22)16-4-3-5-17(13-16)26-2/h3-7,12-13H,8-11H2,1-2H3,(H2,20,24,25). The molecule has 0 unspecified atom stereocenters. The first-order valence-corrected chi connectivity index (χ1v) is 10.2.